The Morgan fingerprint density at radius 1 is 1.45 bits per heavy atom. The number of para-hydroxylation sites is 1. The van der Waals surface area contributed by atoms with Crippen LogP contribution in [0.4, 0.5) is 0 Å². The van der Waals surface area contributed by atoms with Crippen LogP contribution in [0.2, 0.25) is 0 Å². The number of carbonyl (C=O) groups is 1. The summed E-state index contributed by atoms with van der Waals surface area (Å²) < 4.78 is 1.94. The maximum Gasteiger partial charge on any atom is 0.253 e. The summed E-state index contributed by atoms with van der Waals surface area (Å²) in [6.45, 7) is 2.68. The van der Waals surface area contributed by atoms with E-state index in [9.17, 15) is 4.79 Å². The first-order chi connectivity index (χ1) is 9.74. The summed E-state index contributed by atoms with van der Waals surface area (Å²) in [6, 6.07) is 7.70. The van der Waals surface area contributed by atoms with Gasteiger partial charge >= 0.3 is 0 Å². The van der Waals surface area contributed by atoms with E-state index in [-0.39, 0.29) is 11.9 Å². The number of imidazole rings is 1. The smallest absolute Gasteiger partial charge is 0.253 e. The number of carbonyl (C=O) groups excluding carboxylic acids is 1. The van der Waals surface area contributed by atoms with Gasteiger partial charge in [-0.05, 0) is 19.1 Å². The number of benzene rings is 1. The van der Waals surface area contributed by atoms with Gasteiger partial charge in [0.05, 0.1) is 17.4 Å². The van der Waals surface area contributed by atoms with Crippen molar-refractivity contribution in [2.75, 3.05) is 0 Å². The Morgan fingerprint density at radius 3 is 3.15 bits per heavy atom. The summed E-state index contributed by atoms with van der Waals surface area (Å²) in [6.07, 6.45) is 7.20. The van der Waals surface area contributed by atoms with Crippen LogP contribution in [-0.4, -0.2) is 26.5 Å². The first-order valence-corrected chi connectivity index (χ1v) is 6.57. The van der Waals surface area contributed by atoms with E-state index in [0.29, 0.717) is 12.1 Å². The molecule has 1 atom stereocenters. The van der Waals surface area contributed by atoms with Gasteiger partial charge in [-0.1, -0.05) is 12.1 Å². The Bertz CT molecular complexity index is 714. The van der Waals surface area contributed by atoms with E-state index < -0.39 is 0 Å². The van der Waals surface area contributed by atoms with Crippen molar-refractivity contribution in [1.29, 1.82) is 0 Å². The van der Waals surface area contributed by atoms with E-state index >= 15 is 0 Å². The molecule has 5 heteroatoms. The summed E-state index contributed by atoms with van der Waals surface area (Å²) in [7, 11) is 0. The number of amides is 1. The molecule has 2 heterocycles. The summed E-state index contributed by atoms with van der Waals surface area (Å²) in [5, 5.41) is 4.05. The Labute approximate surface area is 116 Å². The van der Waals surface area contributed by atoms with Crippen molar-refractivity contribution in [2.45, 2.75) is 19.5 Å². The lowest BCUT2D eigenvalue weighted by atomic mass is 10.1. The normalized spacial score (nSPS) is 12.4. The van der Waals surface area contributed by atoms with E-state index in [4.69, 9.17) is 0 Å². The second-order valence-electron chi connectivity index (χ2n) is 4.88. The van der Waals surface area contributed by atoms with E-state index in [2.05, 4.69) is 15.3 Å². The van der Waals surface area contributed by atoms with Gasteiger partial charge in [0.15, 0.2) is 0 Å². The predicted octanol–water partition coefficient (Wildman–Crippen LogP) is 2.18. The first kappa shape index (κ1) is 12.5. The van der Waals surface area contributed by atoms with Crippen LogP contribution in [0.5, 0.6) is 0 Å². The fraction of sp³-hybridized carbons (Fsp3) is 0.200. The number of fused-ring (bicyclic) bond motifs is 1. The summed E-state index contributed by atoms with van der Waals surface area (Å²) >= 11 is 0. The average Bonchev–Trinajstić information content (AvgIpc) is 3.08. The highest BCUT2D eigenvalue weighted by Crippen LogP contribution is 2.16. The molecule has 0 bridgehead atoms. The van der Waals surface area contributed by atoms with Gasteiger partial charge in [0.1, 0.15) is 0 Å². The van der Waals surface area contributed by atoms with Crippen LogP contribution in [0.15, 0.2) is 49.2 Å². The van der Waals surface area contributed by atoms with Gasteiger partial charge in [-0.15, -0.1) is 0 Å². The van der Waals surface area contributed by atoms with Gasteiger partial charge in [0.2, 0.25) is 0 Å². The minimum Gasteiger partial charge on any atom is -0.361 e. The monoisotopic (exact) mass is 268 g/mol. The molecule has 0 radical (unpaired) electrons. The second kappa shape index (κ2) is 5.21. The average molecular weight is 268 g/mol. The van der Waals surface area contributed by atoms with Gasteiger partial charge in [-0.3, -0.25) is 4.79 Å². The molecule has 20 heavy (non-hydrogen) atoms. The minimum absolute atomic E-state index is 0.0296. The molecule has 0 saturated heterocycles. The second-order valence-corrected chi connectivity index (χ2v) is 4.88. The molecular formula is C15H16N4O. The van der Waals surface area contributed by atoms with Crippen LogP contribution in [-0.2, 0) is 6.54 Å². The van der Waals surface area contributed by atoms with Gasteiger partial charge in [0, 0.05) is 36.6 Å². The van der Waals surface area contributed by atoms with Gasteiger partial charge in [-0.25, -0.2) is 4.98 Å². The van der Waals surface area contributed by atoms with E-state index in [1.54, 1.807) is 12.5 Å². The first-order valence-electron chi connectivity index (χ1n) is 6.57. The maximum absolute atomic E-state index is 12.3. The number of aromatic amines is 1. The summed E-state index contributed by atoms with van der Waals surface area (Å²) in [5.74, 6) is -0.0642. The van der Waals surface area contributed by atoms with E-state index in [1.807, 2.05) is 48.1 Å². The van der Waals surface area contributed by atoms with Crippen molar-refractivity contribution < 1.29 is 4.79 Å². The third-order valence-corrected chi connectivity index (χ3v) is 3.25. The topological polar surface area (TPSA) is 62.7 Å². The molecule has 0 aliphatic heterocycles. The number of rotatable bonds is 4. The molecule has 0 fully saturated rings. The zero-order chi connectivity index (χ0) is 13.9. The maximum atomic E-state index is 12.3. The fourth-order valence-corrected chi connectivity index (χ4v) is 2.33. The van der Waals surface area contributed by atoms with Gasteiger partial charge in [0.25, 0.3) is 5.91 Å². The van der Waals surface area contributed by atoms with Crippen molar-refractivity contribution >= 4 is 16.8 Å². The molecule has 3 rings (SSSR count). The van der Waals surface area contributed by atoms with Crippen molar-refractivity contribution in [3.63, 3.8) is 0 Å². The van der Waals surface area contributed by atoms with Crippen molar-refractivity contribution in [1.82, 2.24) is 19.9 Å². The van der Waals surface area contributed by atoms with Crippen molar-refractivity contribution in [2.24, 2.45) is 0 Å². The number of hydrogen-bond acceptors (Lipinski definition) is 2. The van der Waals surface area contributed by atoms with Crippen LogP contribution in [0.3, 0.4) is 0 Å². The highest BCUT2D eigenvalue weighted by Gasteiger charge is 2.13. The molecular weight excluding hydrogens is 252 g/mol. The molecule has 1 amide bonds. The quantitative estimate of drug-likeness (QED) is 0.762. The third-order valence-electron chi connectivity index (χ3n) is 3.25. The van der Waals surface area contributed by atoms with Crippen LogP contribution < -0.4 is 5.32 Å². The minimum atomic E-state index is -0.0642. The van der Waals surface area contributed by atoms with Crippen molar-refractivity contribution in [3.8, 4) is 0 Å². The fourth-order valence-electron chi connectivity index (χ4n) is 2.33. The number of aromatic nitrogens is 3. The van der Waals surface area contributed by atoms with Crippen molar-refractivity contribution in [3.05, 3.63) is 54.7 Å². The van der Waals surface area contributed by atoms with Gasteiger partial charge in [-0.2, -0.15) is 0 Å². The molecule has 0 aliphatic carbocycles. The lowest BCUT2D eigenvalue weighted by Crippen LogP contribution is -2.35. The summed E-state index contributed by atoms with van der Waals surface area (Å²) in [5.41, 5.74) is 1.55. The lowest BCUT2D eigenvalue weighted by Gasteiger charge is -2.14. The number of nitrogens with one attached hydrogen (secondary N) is 2. The largest absolute Gasteiger partial charge is 0.361 e. The number of H-pyrrole nitrogens is 1. The molecule has 2 aromatic heterocycles. The molecule has 1 aromatic carbocycles. The molecule has 2 N–H and O–H groups in total. The predicted molar refractivity (Wildman–Crippen MR) is 77.5 cm³/mol. The lowest BCUT2D eigenvalue weighted by molar-refractivity contribution is 0.0938. The van der Waals surface area contributed by atoms with Crippen LogP contribution in [0, 0.1) is 0 Å². The molecule has 1 unspecified atom stereocenters. The molecule has 5 nitrogen and oxygen atoms in total. The highest BCUT2D eigenvalue weighted by atomic mass is 16.1. The highest BCUT2D eigenvalue weighted by molar-refractivity contribution is 6.05. The Balaban J connectivity index is 1.74. The number of hydrogen-bond donors (Lipinski definition) is 2. The molecule has 3 aromatic rings. The van der Waals surface area contributed by atoms with E-state index in [0.717, 1.165) is 10.9 Å². The Hall–Kier alpha value is -2.56. The standard InChI is InChI=1S/C15H16N4O/c1-11(9-19-8-7-16-10-19)18-15(20)13-4-2-3-12-5-6-17-14(12)13/h2-8,10-11,17H,9H2,1H3,(H,18,20). The Morgan fingerprint density at radius 2 is 2.35 bits per heavy atom. The zero-order valence-corrected chi connectivity index (χ0v) is 11.2. The summed E-state index contributed by atoms with van der Waals surface area (Å²) in [4.78, 5) is 19.4. The van der Waals surface area contributed by atoms with Crippen LogP contribution in [0.1, 0.15) is 17.3 Å². The number of nitrogens with zero attached hydrogens (tertiary/aromatic N) is 2. The molecule has 0 aliphatic rings. The third kappa shape index (κ3) is 2.42. The Kier molecular flexibility index (Phi) is 3.25. The zero-order valence-electron chi connectivity index (χ0n) is 11.2. The van der Waals surface area contributed by atoms with Gasteiger partial charge < -0.3 is 14.9 Å². The molecule has 0 spiro atoms. The SMILES string of the molecule is CC(Cn1ccnc1)NC(=O)c1cccc2cc[nH]c12. The van der Waals surface area contributed by atoms with E-state index in [1.165, 1.54) is 0 Å². The molecule has 0 saturated carbocycles. The van der Waals surface area contributed by atoms with Crippen LogP contribution >= 0.6 is 0 Å². The molecule has 102 valence electrons. The van der Waals surface area contributed by atoms with Crippen LogP contribution in [0.25, 0.3) is 10.9 Å².